The number of ether oxygens (including phenoxy) is 1. The Morgan fingerprint density at radius 3 is 2.32 bits per heavy atom. The van der Waals surface area contributed by atoms with Crippen molar-refractivity contribution in [2.24, 2.45) is 0 Å². The molecule has 0 fully saturated rings. The molecule has 28 heavy (non-hydrogen) atoms. The van der Waals surface area contributed by atoms with Crippen LogP contribution in [0.3, 0.4) is 0 Å². The van der Waals surface area contributed by atoms with Crippen LogP contribution in [-0.4, -0.2) is 22.9 Å². The SMILES string of the molecule is O=C(/C=C/c1cccc(OC(F)(F)C(F)F)c1)c1ccc(-n2cccc2)cc1. The van der Waals surface area contributed by atoms with Gasteiger partial charge in [0.2, 0.25) is 0 Å². The first-order valence-electron chi connectivity index (χ1n) is 8.26. The lowest BCUT2D eigenvalue weighted by molar-refractivity contribution is -0.253. The molecule has 3 rings (SSSR count). The van der Waals surface area contributed by atoms with Gasteiger partial charge in [-0.1, -0.05) is 18.2 Å². The monoisotopic (exact) mass is 389 g/mol. The van der Waals surface area contributed by atoms with Gasteiger partial charge >= 0.3 is 12.5 Å². The van der Waals surface area contributed by atoms with Crippen LogP contribution in [0.5, 0.6) is 5.75 Å². The maximum atomic E-state index is 13.0. The van der Waals surface area contributed by atoms with E-state index in [9.17, 15) is 22.4 Å². The second-order valence-electron chi connectivity index (χ2n) is 5.87. The Morgan fingerprint density at radius 1 is 1.00 bits per heavy atom. The van der Waals surface area contributed by atoms with Gasteiger partial charge in [-0.2, -0.15) is 17.6 Å². The van der Waals surface area contributed by atoms with Gasteiger partial charge in [0.1, 0.15) is 5.75 Å². The molecule has 0 aliphatic rings. The molecule has 0 aliphatic carbocycles. The van der Waals surface area contributed by atoms with Crippen molar-refractivity contribution in [1.82, 2.24) is 4.57 Å². The van der Waals surface area contributed by atoms with Crippen LogP contribution in [0.15, 0.2) is 79.1 Å². The third-order valence-electron chi connectivity index (χ3n) is 3.85. The lowest BCUT2D eigenvalue weighted by Gasteiger charge is -2.16. The van der Waals surface area contributed by atoms with Gasteiger partial charge in [0.25, 0.3) is 0 Å². The molecule has 0 unspecified atom stereocenters. The number of allylic oxidation sites excluding steroid dienone is 1. The van der Waals surface area contributed by atoms with E-state index in [1.807, 2.05) is 29.1 Å². The zero-order valence-corrected chi connectivity index (χ0v) is 14.4. The highest BCUT2D eigenvalue weighted by Crippen LogP contribution is 2.28. The zero-order chi connectivity index (χ0) is 20.1. The van der Waals surface area contributed by atoms with Gasteiger partial charge in [-0.15, -0.1) is 0 Å². The summed E-state index contributed by atoms with van der Waals surface area (Å²) in [5, 5.41) is 0. The Hall–Kier alpha value is -3.35. The van der Waals surface area contributed by atoms with Crippen LogP contribution >= 0.6 is 0 Å². The summed E-state index contributed by atoms with van der Waals surface area (Å²) < 4.78 is 56.4. The van der Waals surface area contributed by atoms with Crippen molar-refractivity contribution in [1.29, 1.82) is 0 Å². The molecule has 0 saturated carbocycles. The number of aromatic nitrogens is 1. The van der Waals surface area contributed by atoms with Crippen LogP contribution in [0, 0.1) is 0 Å². The minimum atomic E-state index is -4.58. The van der Waals surface area contributed by atoms with Gasteiger partial charge in [0, 0.05) is 23.6 Å². The van der Waals surface area contributed by atoms with E-state index < -0.39 is 18.3 Å². The first-order valence-corrected chi connectivity index (χ1v) is 8.26. The van der Waals surface area contributed by atoms with Crippen molar-refractivity contribution in [3.63, 3.8) is 0 Å². The largest absolute Gasteiger partial charge is 0.461 e. The summed E-state index contributed by atoms with van der Waals surface area (Å²) in [5.74, 6) is -0.709. The average molecular weight is 389 g/mol. The molecule has 0 aliphatic heterocycles. The molecule has 0 radical (unpaired) electrons. The Labute approximate surface area is 158 Å². The molecule has 3 nitrogen and oxygen atoms in total. The molecule has 0 spiro atoms. The third kappa shape index (κ3) is 4.68. The maximum Gasteiger partial charge on any atom is 0.461 e. The average Bonchev–Trinajstić information content (AvgIpc) is 3.21. The number of carbonyl (C=O) groups is 1. The number of halogens is 4. The predicted molar refractivity (Wildman–Crippen MR) is 97.2 cm³/mol. The summed E-state index contributed by atoms with van der Waals surface area (Å²) in [6, 6.07) is 15.9. The Morgan fingerprint density at radius 2 is 1.68 bits per heavy atom. The molecule has 1 aromatic heterocycles. The van der Waals surface area contributed by atoms with Gasteiger partial charge in [0.15, 0.2) is 5.78 Å². The highest BCUT2D eigenvalue weighted by molar-refractivity contribution is 6.06. The quantitative estimate of drug-likeness (QED) is 0.299. The molecule has 0 saturated heterocycles. The summed E-state index contributed by atoms with van der Waals surface area (Å²) in [6.45, 7) is 0. The smallest absolute Gasteiger partial charge is 0.428 e. The van der Waals surface area contributed by atoms with Gasteiger partial charge in [-0.3, -0.25) is 4.79 Å². The minimum absolute atomic E-state index is 0.289. The lowest BCUT2D eigenvalue weighted by Crippen LogP contribution is -2.33. The third-order valence-corrected chi connectivity index (χ3v) is 3.85. The standard InChI is InChI=1S/C21H15F4NO2/c22-20(23)21(24,25)28-18-5-3-4-15(14-18)6-11-19(27)16-7-9-17(10-8-16)26-12-1-2-13-26/h1-14,20H/b11-6+. The molecule has 144 valence electrons. The number of ketones is 1. The molecule has 0 N–H and O–H groups in total. The first-order chi connectivity index (χ1) is 13.3. The van der Waals surface area contributed by atoms with Crippen LogP contribution in [0.1, 0.15) is 15.9 Å². The normalized spacial score (nSPS) is 11.9. The number of carbonyl (C=O) groups excluding carboxylic acids is 1. The molecule has 7 heteroatoms. The van der Waals surface area contributed by atoms with E-state index >= 15 is 0 Å². The van der Waals surface area contributed by atoms with Crippen LogP contribution < -0.4 is 4.74 Å². The molecular formula is C21H15F4NO2. The minimum Gasteiger partial charge on any atom is -0.428 e. The topological polar surface area (TPSA) is 31.2 Å². The predicted octanol–water partition coefficient (Wildman–Crippen LogP) is 5.61. The molecule has 0 bridgehead atoms. The number of hydrogen-bond acceptors (Lipinski definition) is 2. The number of nitrogens with zero attached hydrogens (tertiary/aromatic N) is 1. The fourth-order valence-electron chi connectivity index (χ4n) is 2.46. The summed E-state index contributed by atoms with van der Waals surface area (Å²) in [5.41, 5.74) is 1.71. The highest BCUT2D eigenvalue weighted by atomic mass is 19.3. The van der Waals surface area contributed by atoms with Gasteiger partial charge in [-0.05, 0) is 60.2 Å². The zero-order valence-electron chi connectivity index (χ0n) is 14.4. The summed E-state index contributed by atoms with van der Waals surface area (Å²) >= 11 is 0. The summed E-state index contributed by atoms with van der Waals surface area (Å²) in [4.78, 5) is 12.3. The number of hydrogen-bond donors (Lipinski definition) is 0. The molecule has 0 amide bonds. The first kappa shape index (κ1) is 19.4. The van der Waals surface area contributed by atoms with E-state index in [0.29, 0.717) is 11.1 Å². The van der Waals surface area contributed by atoms with Crippen LogP contribution in [0.2, 0.25) is 0 Å². The molecule has 3 aromatic rings. The molecule has 0 atom stereocenters. The summed E-state index contributed by atoms with van der Waals surface area (Å²) in [6.07, 6.45) is -2.10. The van der Waals surface area contributed by atoms with E-state index in [1.54, 1.807) is 24.3 Å². The highest BCUT2D eigenvalue weighted by Gasteiger charge is 2.43. The van der Waals surface area contributed by atoms with E-state index in [2.05, 4.69) is 4.74 Å². The van der Waals surface area contributed by atoms with Crippen molar-refractivity contribution in [3.05, 3.63) is 90.3 Å². The number of rotatable bonds is 7. The van der Waals surface area contributed by atoms with E-state index in [4.69, 9.17) is 0 Å². The van der Waals surface area contributed by atoms with Gasteiger partial charge in [-0.25, -0.2) is 0 Å². The summed E-state index contributed by atoms with van der Waals surface area (Å²) in [7, 11) is 0. The van der Waals surface area contributed by atoms with E-state index in [0.717, 1.165) is 17.8 Å². The Balaban J connectivity index is 1.69. The van der Waals surface area contributed by atoms with Crippen molar-refractivity contribution < 1.29 is 27.1 Å². The van der Waals surface area contributed by atoms with Crippen LogP contribution in [0.25, 0.3) is 11.8 Å². The second kappa shape index (κ2) is 8.12. The molecule has 2 aromatic carbocycles. The van der Waals surface area contributed by atoms with E-state index in [1.165, 1.54) is 24.3 Å². The number of alkyl halides is 4. The fraction of sp³-hybridized carbons (Fsp3) is 0.0952. The molecule has 1 heterocycles. The van der Waals surface area contributed by atoms with Crippen molar-refractivity contribution in [3.8, 4) is 11.4 Å². The van der Waals surface area contributed by atoms with Crippen LogP contribution in [0.4, 0.5) is 17.6 Å². The Kier molecular flexibility index (Phi) is 5.63. The Bertz CT molecular complexity index is 964. The molecular weight excluding hydrogens is 374 g/mol. The maximum absolute atomic E-state index is 13.0. The second-order valence-corrected chi connectivity index (χ2v) is 5.87. The van der Waals surface area contributed by atoms with E-state index in [-0.39, 0.29) is 5.78 Å². The lowest BCUT2D eigenvalue weighted by atomic mass is 10.1. The van der Waals surface area contributed by atoms with Gasteiger partial charge in [0.05, 0.1) is 0 Å². The fourth-order valence-corrected chi connectivity index (χ4v) is 2.46. The van der Waals surface area contributed by atoms with Gasteiger partial charge < -0.3 is 9.30 Å². The van der Waals surface area contributed by atoms with Crippen molar-refractivity contribution in [2.45, 2.75) is 12.5 Å². The van der Waals surface area contributed by atoms with Crippen molar-refractivity contribution >= 4 is 11.9 Å². The van der Waals surface area contributed by atoms with Crippen LogP contribution in [-0.2, 0) is 0 Å². The number of benzene rings is 2. The van der Waals surface area contributed by atoms with Crippen molar-refractivity contribution in [2.75, 3.05) is 0 Å².